The van der Waals surface area contributed by atoms with Gasteiger partial charge in [0.2, 0.25) is 0 Å². The van der Waals surface area contributed by atoms with Gasteiger partial charge >= 0.3 is 5.97 Å². The predicted molar refractivity (Wildman–Crippen MR) is 154 cm³/mol. The zero-order valence-corrected chi connectivity index (χ0v) is 23.3. The van der Waals surface area contributed by atoms with Crippen molar-refractivity contribution in [2.75, 3.05) is 56.3 Å². The van der Waals surface area contributed by atoms with E-state index in [2.05, 4.69) is 39.5 Å². The summed E-state index contributed by atoms with van der Waals surface area (Å²) in [6, 6.07) is 16.5. The fourth-order valence-electron chi connectivity index (χ4n) is 5.14. The van der Waals surface area contributed by atoms with E-state index in [0.29, 0.717) is 38.2 Å². The van der Waals surface area contributed by atoms with Gasteiger partial charge in [0.1, 0.15) is 23.4 Å². The van der Waals surface area contributed by atoms with Crippen molar-refractivity contribution < 1.29 is 19.0 Å². The molecule has 0 bridgehead atoms. The molecule has 1 aromatic carbocycles. The van der Waals surface area contributed by atoms with Crippen molar-refractivity contribution in [3.05, 3.63) is 65.9 Å². The monoisotopic (exact) mass is 545 g/mol. The lowest BCUT2D eigenvalue weighted by molar-refractivity contribution is -0.156. The minimum Gasteiger partial charge on any atom is -0.462 e. The van der Waals surface area contributed by atoms with Gasteiger partial charge in [0.15, 0.2) is 5.82 Å². The first-order valence-corrected chi connectivity index (χ1v) is 14.4. The van der Waals surface area contributed by atoms with E-state index in [1.165, 1.54) is 11.1 Å². The number of hydrogen-bond acceptors (Lipinski definition) is 9. The molecule has 212 valence electrons. The molecule has 1 aliphatic heterocycles. The molecule has 5 rings (SSSR count). The van der Waals surface area contributed by atoms with Crippen molar-refractivity contribution in [3.63, 3.8) is 0 Å². The summed E-state index contributed by atoms with van der Waals surface area (Å²) in [6.07, 6.45) is 5.69. The third-order valence-corrected chi connectivity index (χ3v) is 7.44. The summed E-state index contributed by atoms with van der Waals surface area (Å²) in [4.78, 5) is 28.7. The maximum absolute atomic E-state index is 12.1. The topological polar surface area (TPSA) is 98.7 Å². The van der Waals surface area contributed by atoms with Crippen molar-refractivity contribution in [1.29, 1.82) is 0 Å². The first-order chi connectivity index (χ1) is 19.7. The minimum atomic E-state index is -0.201. The summed E-state index contributed by atoms with van der Waals surface area (Å²) in [5, 5.41) is 3.52. The predicted octanol–water partition coefficient (Wildman–Crippen LogP) is 4.32. The number of esters is 1. The quantitative estimate of drug-likeness (QED) is 0.249. The van der Waals surface area contributed by atoms with Crippen LogP contribution in [0.15, 0.2) is 54.7 Å². The average molecular weight is 546 g/mol. The molecular weight excluding hydrogens is 506 g/mol. The Morgan fingerprint density at radius 3 is 2.45 bits per heavy atom. The van der Waals surface area contributed by atoms with Crippen LogP contribution in [0.4, 0.5) is 11.6 Å². The Morgan fingerprint density at radius 2 is 1.73 bits per heavy atom. The largest absolute Gasteiger partial charge is 0.462 e. The minimum absolute atomic E-state index is 0.0218. The number of anilines is 2. The molecule has 9 nitrogen and oxygen atoms in total. The highest BCUT2D eigenvalue weighted by Gasteiger charge is 2.32. The summed E-state index contributed by atoms with van der Waals surface area (Å²) >= 11 is 0. The highest BCUT2D eigenvalue weighted by atomic mass is 16.6. The molecule has 40 heavy (non-hydrogen) atoms. The van der Waals surface area contributed by atoms with E-state index < -0.39 is 0 Å². The Kier molecular flexibility index (Phi) is 9.92. The molecule has 2 aliphatic rings. The highest BCUT2D eigenvalue weighted by molar-refractivity contribution is 5.69. The number of aromatic nitrogens is 3. The van der Waals surface area contributed by atoms with Gasteiger partial charge in [-0.05, 0) is 61.8 Å². The number of carbonyl (C=O) groups is 1. The summed E-state index contributed by atoms with van der Waals surface area (Å²) in [5.41, 5.74) is 3.58. The van der Waals surface area contributed by atoms with Gasteiger partial charge in [0.25, 0.3) is 0 Å². The summed E-state index contributed by atoms with van der Waals surface area (Å²) in [6.45, 7) is 6.59. The van der Waals surface area contributed by atoms with Crippen LogP contribution in [-0.2, 0) is 31.8 Å². The Labute approximate surface area is 236 Å². The number of rotatable bonds is 13. The molecule has 1 aliphatic carbocycles. The van der Waals surface area contributed by atoms with E-state index in [-0.39, 0.29) is 18.5 Å². The molecule has 9 heteroatoms. The van der Waals surface area contributed by atoms with Crippen LogP contribution in [0.5, 0.6) is 0 Å². The molecule has 0 spiro atoms. The molecule has 0 amide bonds. The molecule has 3 heterocycles. The third-order valence-electron chi connectivity index (χ3n) is 7.44. The molecule has 1 N–H and O–H groups in total. The second-order valence-electron chi connectivity index (χ2n) is 10.3. The van der Waals surface area contributed by atoms with Gasteiger partial charge in [-0.25, -0.2) is 9.97 Å². The Hall–Kier alpha value is -3.56. The fraction of sp³-hybridized carbons (Fsp3) is 0.484. The Morgan fingerprint density at radius 1 is 0.975 bits per heavy atom. The molecule has 0 atom stereocenters. The van der Waals surface area contributed by atoms with Crippen LogP contribution in [0.2, 0.25) is 0 Å². The first-order valence-electron chi connectivity index (χ1n) is 14.4. The van der Waals surface area contributed by atoms with Crippen molar-refractivity contribution in [2.45, 2.75) is 45.1 Å². The second kappa shape index (κ2) is 14.2. The maximum Gasteiger partial charge on any atom is 0.308 e. The summed E-state index contributed by atoms with van der Waals surface area (Å²) < 4.78 is 16.2. The van der Waals surface area contributed by atoms with Gasteiger partial charge in [-0.1, -0.05) is 30.3 Å². The summed E-state index contributed by atoms with van der Waals surface area (Å²) in [5.74, 6) is 2.54. The van der Waals surface area contributed by atoms with Gasteiger partial charge in [0, 0.05) is 38.5 Å². The molecule has 2 aromatic heterocycles. The average Bonchev–Trinajstić information content (AvgIpc) is 3.19. The number of fused-ring (bicyclic) bond motifs is 1. The number of nitrogens with one attached hydrogen (secondary N) is 1. The normalized spacial score (nSPS) is 18.4. The van der Waals surface area contributed by atoms with Gasteiger partial charge in [0.05, 0.1) is 26.2 Å². The zero-order chi connectivity index (χ0) is 27.6. The van der Waals surface area contributed by atoms with Crippen LogP contribution in [0.25, 0.3) is 11.5 Å². The standard InChI is InChI=1S/C31H39N5O4/c1-2-38-17-18-39-16-12-30(37)40-26-19-23(20-26)22-33-28-21-29(35-31(34-28)27-9-5-6-13-32-27)36-14-10-24-7-3-4-8-25(24)11-15-36/h3-9,13,21,23,26H,2,10-12,14-20,22H2,1H3,(H,33,34,35)/t23-,26+. The van der Waals surface area contributed by atoms with E-state index in [4.69, 9.17) is 24.2 Å². The van der Waals surface area contributed by atoms with Crippen LogP contribution in [0.3, 0.4) is 0 Å². The third kappa shape index (κ3) is 7.76. The summed E-state index contributed by atoms with van der Waals surface area (Å²) in [7, 11) is 0. The van der Waals surface area contributed by atoms with Crippen LogP contribution in [0, 0.1) is 5.92 Å². The molecule has 1 saturated carbocycles. The Bertz CT molecular complexity index is 1210. The van der Waals surface area contributed by atoms with Crippen molar-refractivity contribution in [3.8, 4) is 11.5 Å². The van der Waals surface area contributed by atoms with Crippen LogP contribution < -0.4 is 10.2 Å². The number of hydrogen-bond donors (Lipinski definition) is 1. The van der Waals surface area contributed by atoms with E-state index in [1.807, 2.05) is 31.2 Å². The lowest BCUT2D eigenvalue weighted by Gasteiger charge is -2.35. The molecule has 1 fully saturated rings. The van der Waals surface area contributed by atoms with Gasteiger partial charge in [-0.3, -0.25) is 9.78 Å². The fourth-order valence-corrected chi connectivity index (χ4v) is 5.14. The van der Waals surface area contributed by atoms with E-state index >= 15 is 0 Å². The Balaban J connectivity index is 1.15. The van der Waals surface area contributed by atoms with Crippen molar-refractivity contribution >= 4 is 17.6 Å². The number of carbonyl (C=O) groups excluding carboxylic acids is 1. The number of benzene rings is 1. The lowest BCUT2D eigenvalue weighted by Crippen LogP contribution is -2.37. The molecule has 0 radical (unpaired) electrons. The molecular formula is C31H39N5O4. The second-order valence-corrected chi connectivity index (χ2v) is 10.3. The van der Waals surface area contributed by atoms with Gasteiger partial charge in [-0.15, -0.1) is 0 Å². The molecule has 3 aromatic rings. The SMILES string of the molecule is CCOCCOCCC(=O)O[C@H]1C[C@@H](CNc2cc(N3CCc4ccccc4CC3)nc(-c3ccccn3)n2)C1. The highest BCUT2D eigenvalue weighted by Crippen LogP contribution is 2.31. The first kappa shape index (κ1) is 28.0. The van der Waals surface area contributed by atoms with Crippen LogP contribution in [-0.4, -0.2) is 73.1 Å². The van der Waals surface area contributed by atoms with Crippen molar-refractivity contribution in [2.24, 2.45) is 5.92 Å². The van der Waals surface area contributed by atoms with Crippen molar-refractivity contribution in [1.82, 2.24) is 15.0 Å². The number of nitrogens with zero attached hydrogens (tertiary/aromatic N) is 4. The molecule has 0 saturated heterocycles. The van der Waals surface area contributed by atoms with Gasteiger partial charge in [-0.2, -0.15) is 0 Å². The van der Waals surface area contributed by atoms with Crippen LogP contribution >= 0.6 is 0 Å². The molecule has 0 unspecified atom stereocenters. The van der Waals surface area contributed by atoms with Crippen LogP contribution in [0.1, 0.15) is 37.3 Å². The maximum atomic E-state index is 12.1. The van der Waals surface area contributed by atoms with E-state index in [1.54, 1.807) is 6.20 Å². The number of ether oxygens (including phenoxy) is 3. The lowest BCUT2D eigenvalue weighted by atomic mass is 9.82. The van der Waals surface area contributed by atoms with Gasteiger partial charge < -0.3 is 24.4 Å². The smallest absolute Gasteiger partial charge is 0.308 e. The van der Waals surface area contributed by atoms with E-state index in [0.717, 1.165) is 62.6 Å². The van der Waals surface area contributed by atoms with E-state index in [9.17, 15) is 4.79 Å². The number of pyridine rings is 1. The zero-order valence-electron chi connectivity index (χ0n) is 23.3.